The lowest BCUT2D eigenvalue weighted by molar-refractivity contribution is 0.187. The molecule has 38 heavy (non-hydrogen) atoms. The molecule has 204 valence electrons. The minimum Gasteiger partial charge on any atom is -0.497 e. The number of benzene rings is 3. The number of piperazine rings is 1. The van der Waals surface area contributed by atoms with Crippen molar-refractivity contribution in [1.82, 2.24) is 9.62 Å². The van der Waals surface area contributed by atoms with Crippen molar-refractivity contribution in [3.8, 4) is 11.5 Å². The number of ether oxygens (including phenoxy) is 2. The number of sulfonamides is 1. The lowest BCUT2D eigenvalue weighted by Crippen LogP contribution is -2.50. The maximum absolute atomic E-state index is 13.4. The zero-order chi connectivity index (χ0) is 27.3. The van der Waals surface area contributed by atoms with Crippen molar-refractivity contribution in [3.05, 3.63) is 78.1 Å². The summed E-state index contributed by atoms with van der Waals surface area (Å²) < 4.78 is 53.5. The Kier molecular flexibility index (Phi) is 8.76. The van der Waals surface area contributed by atoms with Crippen molar-refractivity contribution in [1.29, 1.82) is 0 Å². The number of nitrogens with zero attached hydrogens (tertiary/aromatic N) is 3. The zero-order valence-corrected chi connectivity index (χ0v) is 23.0. The molecule has 1 heterocycles. The fourth-order valence-corrected chi connectivity index (χ4v) is 5.88. The number of nitrogens with one attached hydrogen (secondary N) is 1. The Morgan fingerprint density at radius 3 is 2.16 bits per heavy atom. The Balaban J connectivity index is 1.56. The Labute approximate surface area is 224 Å². The van der Waals surface area contributed by atoms with E-state index in [0.717, 1.165) is 43.1 Å². The van der Waals surface area contributed by atoms with Crippen molar-refractivity contribution in [2.24, 2.45) is 0 Å². The predicted octanol–water partition coefficient (Wildman–Crippen LogP) is 3.75. The Morgan fingerprint density at radius 1 is 0.921 bits per heavy atom. The summed E-state index contributed by atoms with van der Waals surface area (Å²) in [5.41, 5.74) is 3.06. The van der Waals surface area contributed by atoms with Gasteiger partial charge in [0.05, 0.1) is 14.2 Å². The molecule has 1 aliphatic rings. The molecule has 1 saturated heterocycles. The van der Waals surface area contributed by atoms with Gasteiger partial charge < -0.3 is 19.3 Å². The predicted molar refractivity (Wildman–Crippen MR) is 148 cm³/mol. The van der Waals surface area contributed by atoms with Crippen molar-refractivity contribution >= 4 is 21.4 Å². The van der Waals surface area contributed by atoms with Crippen LogP contribution in [0.1, 0.15) is 11.6 Å². The van der Waals surface area contributed by atoms with Crippen LogP contribution in [-0.2, 0) is 10.0 Å². The standard InChI is InChI=1S/C28H35FN4O4S/c1-31(2)23-9-5-21(6-10-23)26(33-17-15-32(16-18-33)24-11-7-22(29)8-12-24)20-30-38(34,35)28-19-25(36-3)13-14-27(28)37-4/h5-14,19,26,30H,15-18,20H2,1-4H3. The van der Waals surface area contributed by atoms with Crippen molar-refractivity contribution in [2.75, 3.05) is 70.8 Å². The molecule has 4 rings (SSSR count). The van der Waals surface area contributed by atoms with E-state index in [0.29, 0.717) is 5.75 Å². The molecule has 1 fully saturated rings. The topological polar surface area (TPSA) is 74.3 Å². The lowest BCUT2D eigenvalue weighted by atomic mass is 10.0. The average molecular weight is 543 g/mol. The van der Waals surface area contributed by atoms with Gasteiger partial charge in [-0.2, -0.15) is 0 Å². The van der Waals surface area contributed by atoms with Crippen LogP contribution >= 0.6 is 0 Å². The fourth-order valence-electron chi connectivity index (χ4n) is 4.66. The van der Waals surface area contributed by atoms with Crippen LogP contribution < -0.4 is 24.0 Å². The molecule has 8 nitrogen and oxygen atoms in total. The van der Waals surface area contributed by atoms with Gasteiger partial charge in [0.1, 0.15) is 22.2 Å². The van der Waals surface area contributed by atoms with Gasteiger partial charge in [-0.25, -0.2) is 17.5 Å². The van der Waals surface area contributed by atoms with Crippen LogP contribution in [0.5, 0.6) is 11.5 Å². The van der Waals surface area contributed by atoms with E-state index < -0.39 is 10.0 Å². The SMILES string of the molecule is COc1ccc(OC)c(S(=O)(=O)NCC(c2ccc(N(C)C)cc2)N2CCN(c3ccc(F)cc3)CC2)c1. The number of halogens is 1. The van der Waals surface area contributed by atoms with Gasteiger partial charge in [0.2, 0.25) is 10.0 Å². The monoisotopic (exact) mass is 542 g/mol. The highest BCUT2D eigenvalue weighted by Crippen LogP contribution is 2.30. The van der Waals surface area contributed by atoms with Crippen LogP contribution in [0.15, 0.2) is 71.6 Å². The summed E-state index contributed by atoms with van der Waals surface area (Å²) in [6.07, 6.45) is 0. The van der Waals surface area contributed by atoms with Crippen LogP contribution in [-0.4, -0.2) is 74.4 Å². The maximum Gasteiger partial charge on any atom is 0.244 e. The Hall–Kier alpha value is -3.34. The van der Waals surface area contributed by atoms with Gasteiger partial charge in [-0.1, -0.05) is 12.1 Å². The molecule has 0 radical (unpaired) electrons. The highest BCUT2D eigenvalue weighted by molar-refractivity contribution is 7.89. The average Bonchev–Trinajstić information content (AvgIpc) is 2.93. The summed E-state index contributed by atoms with van der Waals surface area (Å²) in [5.74, 6) is 0.422. The summed E-state index contributed by atoms with van der Waals surface area (Å²) in [7, 11) is 3.01. The second-order valence-electron chi connectivity index (χ2n) is 9.37. The summed E-state index contributed by atoms with van der Waals surface area (Å²) in [6.45, 7) is 3.12. The van der Waals surface area contributed by atoms with Gasteiger partial charge in [-0.15, -0.1) is 0 Å². The molecule has 0 aliphatic carbocycles. The second-order valence-corrected chi connectivity index (χ2v) is 11.1. The van der Waals surface area contributed by atoms with Gasteiger partial charge in [0, 0.05) is 70.3 Å². The van der Waals surface area contributed by atoms with E-state index in [1.54, 1.807) is 24.3 Å². The molecule has 1 N–H and O–H groups in total. The molecular formula is C28H35FN4O4S. The van der Waals surface area contributed by atoms with Crippen molar-refractivity contribution in [3.63, 3.8) is 0 Å². The molecule has 1 aliphatic heterocycles. The first-order chi connectivity index (χ1) is 18.2. The number of hydrogen-bond acceptors (Lipinski definition) is 7. The van der Waals surface area contributed by atoms with Crippen LogP contribution in [0.4, 0.5) is 15.8 Å². The van der Waals surface area contributed by atoms with E-state index in [1.165, 1.54) is 32.4 Å². The summed E-state index contributed by atoms with van der Waals surface area (Å²) in [6, 6.07) is 19.2. The third kappa shape index (κ3) is 6.38. The molecule has 0 saturated carbocycles. The summed E-state index contributed by atoms with van der Waals surface area (Å²) >= 11 is 0. The molecule has 3 aromatic carbocycles. The highest BCUT2D eigenvalue weighted by Gasteiger charge is 2.28. The molecule has 3 aromatic rings. The van der Waals surface area contributed by atoms with Crippen LogP contribution in [0.2, 0.25) is 0 Å². The molecule has 1 atom stereocenters. The third-order valence-corrected chi connectivity index (χ3v) is 8.31. The first-order valence-electron chi connectivity index (χ1n) is 12.5. The molecular weight excluding hydrogens is 507 g/mol. The van der Waals surface area contributed by atoms with Crippen LogP contribution in [0, 0.1) is 5.82 Å². The van der Waals surface area contributed by atoms with Crippen LogP contribution in [0.3, 0.4) is 0 Å². The summed E-state index contributed by atoms with van der Waals surface area (Å²) in [5, 5.41) is 0. The maximum atomic E-state index is 13.4. The third-order valence-electron chi connectivity index (χ3n) is 6.87. The van der Waals surface area contributed by atoms with E-state index in [2.05, 4.69) is 14.5 Å². The van der Waals surface area contributed by atoms with E-state index in [9.17, 15) is 12.8 Å². The lowest BCUT2D eigenvalue weighted by Gasteiger charge is -2.40. The van der Waals surface area contributed by atoms with Gasteiger partial charge in [-0.3, -0.25) is 4.90 Å². The first kappa shape index (κ1) is 27.7. The zero-order valence-electron chi connectivity index (χ0n) is 22.2. The molecule has 1 unspecified atom stereocenters. The quantitative estimate of drug-likeness (QED) is 0.418. The molecule has 10 heteroatoms. The normalized spacial score (nSPS) is 15.2. The van der Waals surface area contributed by atoms with Crippen molar-refractivity contribution in [2.45, 2.75) is 10.9 Å². The number of rotatable bonds is 10. The summed E-state index contributed by atoms with van der Waals surface area (Å²) in [4.78, 5) is 6.56. The van der Waals surface area contributed by atoms with Gasteiger partial charge in [0.25, 0.3) is 0 Å². The highest BCUT2D eigenvalue weighted by atomic mass is 32.2. The van der Waals surface area contributed by atoms with Crippen LogP contribution in [0.25, 0.3) is 0 Å². The number of methoxy groups -OCH3 is 2. The molecule has 0 spiro atoms. The van der Waals surface area contributed by atoms with Crippen molar-refractivity contribution < 1.29 is 22.3 Å². The van der Waals surface area contributed by atoms with E-state index in [1.807, 2.05) is 43.3 Å². The minimum absolute atomic E-state index is 0.0298. The molecule has 0 aromatic heterocycles. The van der Waals surface area contributed by atoms with E-state index >= 15 is 0 Å². The van der Waals surface area contributed by atoms with Gasteiger partial charge in [0.15, 0.2) is 0 Å². The number of anilines is 2. The fraction of sp³-hybridized carbons (Fsp3) is 0.357. The second kappa shape index (κ2) is 12.0. The smallest absolute Gasteiger partial charge is 0.244 e. The molecule has 0 amide bonds. The Morgan fingerprint density at radius 2 is 1.58 bits per heavy atom. The van der Waals surface area contributed by atoms with Gasteiger partial charge >= 0.3 is 0 Å². The Bertz CT molecular complexity index is 1310. The van der Waals surface area contributed by atoms with E-state index in [4.69, 9.17) is 9.47 Å². The largest absolute Gasteiger partial charge is 0.497 e. The number of hydrogen-bond donors (Lipinski definition) is 1. The van der Waals surface area contributed by atoms with Gasteiger partial charge in [-0.05, 0) is 54.1 Å². The first-order valence-corrected chi connectivity index (χ1v) is 13.9. The minimum atomic E-state index is -3.89. The van der Waals surface area contributed by atoms with E-state index in [-0.39, 0.29) is 29.0 Å². The molecule has 0 bridgehead atoms.